The van der Waals surface area contributed by atoms with Crippen LogP contribution >= 0.6 is 0 Å². The Morgan fingerprint density at radius 3 is 1.26 bits per heavy atom. The van der Waals surface area contributed by atoms with Gasteiger partial charge in [-0.3, -0.25) is 19.4 Å². The lowest BCUT2D eigenvalue weighted by Gasteiger charge is -2.28. The largest absolute Gasteiger partial charge is 0.497 e. The van der Waals surface area contributed by atoms with Crippen LogP contribution in [0.3, 0.4) is 0 Å². The molecule has 0 aliphatic rings. The van der Waals surface area contributed by atoms with Crippen molar-refractivity contribution in [2.75, 3.05) is 47.1 Å². The van der Waals surface area contributed by atoms with Gasteiger partial charge < -0.3 is 47.1 Å². The van der Waals surface area contributed by atoms with E-state index < -0.39 is 42.8 Å². The van der Waals surface area contributed by atoms with Crippen LogP contribution in [0.15, 0.2) is 167 Å². The molecule has 0 bridgehead atoms. The summed E-state index contributed by atoms with van der Waals surface area (Å²) in [5.74, 6) is 15.5. The van der Waals surface area contributed by atoms with Gasteiger partial charge in [0.05, 0.1) is 32.9 Å². The monoisotopic (exact) mass is 1110 g/mol. The summed E-state index contributed by atoms with van der Waals surface area (Å²) < 4.78 is 49.2. The highest BCUT2D eigenvalue weighted by molar-refractivity contribution is 5.80. The van der Waals surface area contributed by atoms with Crippen LogP contribution in [0.4, 0.5) is 9.59 Å². The van der Waals surface area contributed by atoms with Crippen molar-refractivity contribution in [2.24, 2.45) is 0 Å². The Bertz CT molecular complexity index is 3510. The van der Waals surface area contributed by atoms with E-state index in [9.17, 15) is 24.3 Å². The number of esters is 1. The van der Waals surface area contributed by atoms with E-state index in [1.807, 2.05) is 86.6 Å². The second kappa shape index (κ2) is 29.5. The Morgan fingerprint density at radius 2 is 0.890 bits per heavy atom. The van der Waals surface area contributed by atoms with Crippen molar-refractivity contribution in [3.8, 4) is 81.1 Å². The number of carboxylic acid groups (broad SMARTS) is 1. The van der Waals surface area contributed by atoms with E-state index in [1.165, 1.54) is 12.0 Å². The highest BCUT2D eigenvalue weighted by Crippen LogP contribution is 2.28. The molecule has 0 unspecified atom stereocenters. The first-order valence-corrected chi connectivity index (χ1v) is 25.8. The third-order valence-electron chi connectivity index (χ3n) is 12.2. The van der Waals surface area contributed by atoms with Gasteiger partial charge in [0.1, 0.15) is 72.3 Å². The van der Waals surface area contributed by atoms with Crippen LogP contribution in [-0.2, 0) is 14.3 Å². The van der Waals surface area contributed by atoms with Gasteiger partial charge in [0.25, 0.3) is 0 Å². The molecule has 0 radical (unpaired) electrons. The molecule has 0 saturated carbocycles. The molecular weight excluding hydrogens is 1050 g/mol. The van der Waals surface area contributed by atoms with Gasteiger partial charge in [-0.15, -0.1) is 0 Å². The first kappa shape index (κ1) is 59.2. The third kappa shape index (κ3) is 17.0. The Hall–Kier alpha value is -10.5. The molecule has 0 aliphatic carbocycles. The highest BCUT2D eigenvalue weighted by atomic mass is 16.6. The minimum atomic E-state index is -1.16. The molecule has 6 aromatic carbocycles. The van der Waals surface area contributed by atoms with Gasteiger partial charge in [-0.25, -0.2) is 19.6 Å². The lowest BCUT2D eigenvalue weighted by molar-refractivity contribution is -0.144. The summed E-state index contributed by atoms with van der Waals surface area (Å²) in [6.07, 6.45) is -1.47. The molecule has 0 saturated heterocycles. The molecule has 8 aromatic rings. The molecule has 0 aliphatic heterocycles. The molecule has 2 heterocycles. The van der Waals surface area contributed by atoms with E-state index in [1.54, 1.807) is 113 Å². The number of nitrogens with zero attached hydrogens (tertiary/aromatic N) is 4. The van der Waals surface area contributed by atoms with Gasteiger partial charge in [0, 0.05) is 11.1 Å². The predicted molar refractivity (Wildman–Crippen MR) is 304 cm³/mol. The predicted octanol–water partition coefficient (Wildman–Crippen LogP) is 11.9. The number of aryl methyl sites for hydroxylation is 2. The van der Waals surface area contributed by atoms with Crippen molar-refractivity contribution in [3.05, 3.63) is 192 Å². The van der Waals surface area contributed by atoms with Crippen molar-refractivity contribution in [1.82, 2.24) is 19.8 Å². The zero-order valence-electron chi connectivity index (χ0n) is 46.2. The fraction of sp³-hybridized carbons (Fsp3) is 0.219. The Labute approximate surface area is 475 Å². The van der Waals surface area contributed by atoms with Gasteiger partial charge in [-0.2, -0.15) is 0 Å². The van der Waals surface area contributed by atoms with E-state index in [0.717, 1.165) is 21.6 Å². The summed E-state index contributed by atoms with van der Waals surface area (Å²) in [7, 11) is 3.08. The quantitative estimate of drug-likeness (QED) is 0.0589. The van der Waals surface area contributed by atoms with Crippen LogP contribution in [0, 0.1) is 37.5 Å². The minimum absolute atomic E-state index is 0.126. The number of carbonyl (C=O) groups is 4. The maximum Gasteiger partial charge on any atom is 0.416 e. The minimum Gasteiger partial charge on any atom is -0.497 e. The molecule has 8 rings (SSSR count). The van der Waals surface area contributed by atoms with Gasteiger partial charge in [-0.05, 0) is 155 Å². The fourth-order valence-corrected chi connectivity index (χ4v) is 7.77. The molecule has 0 spiro atoms. The number of hydrogen-bond donors (Lipinski definition) is 1. The lowest BCUT2D eigenvalue weighted by Crippen LogP contribution is -2.40. The smallest absolute Gasteiger partial charge is 0.416 e. The number of oxazole rings is 2. The molecule has 2 aromatic heterocycles. The Morgan fingerprint density at radius 1 is 0.524 bits per heavy atom. The van der Waals surface area contributed by atoms with E-state index in [-0.39, 0.29) is 32.1 Å². The number of carbonyl (C=O) groups excluding carboxylic acids is 3. The Kier molecular flexibility index (Phi) is 21.3. The molecule has 1 N–H and O–H groups in total. The molecule has 82 heavy (non-hydrogen) atoms. The standard InChI is InChI=1S/C33H32N2O7.C31H28N2O7/c1-5-39-31(36)22-35(33(37)42-29-19-17-27(38-4)18-20-29)23(2)25-13-15-28(16-14-25)40-21-9-12-30-24(3)41-32(34-30)26-10-7-6-8-11-26;1-21(33(20-29(34)35)31(36)40-27-17-15-25(37-3)16-18-27)23-11-13-26(14-12-23)38-19-7-10-28-22(2)39-30(32-28)24-8-5-4-6-9-24/h6-8,10-11,13-20,23H,5,21-22H2,1-4H3;4-6,8-9,11-18,21H,19-20H2,1-3H3,(H,34,35)/t23-;21-/m11/s1. The first-order chi connectivity index (χ1) is 39.7. The van der Waals surface area contributed by atoms with E-state index in [2.05, 4.69) is 33.6 Å². The number of benzene rings is 6. The van der Waals surface area contributed by atoms with E-state index in [0.29, 0.717) is 69.0 Å². The summed E-state index contributed by atoms with van der Waals surface area (Å²) in [6, 6.07) is 45.3. The number of carboxylic acids is 1. The highest BCUT2D eigenvalue weighted by Gasteiger charge is 2.28. The maximum atomic E-state index is 13.1. The zero-order chi connectivity index (χ0) is 58.4. The van der Waals surface area contributed by atoms with Crippen LogP contribution in [-0.4, -0.2) is 96.1 Å². The van der Waals surface area contributed by atoms with Gasteiger partial charge in [-0.1, -0.05) is 72.5 Å². The molecule has 2 atom stereocenters. The fourth-order valence-electron chi connectivity index (χ4n) is 7.77. The number of methoxy groups -OCH3 is 2. The number of aliphatic carboxylic acids is 1. The van der Waals surface area contributed by atoms with Crippen LogP contribution < -0.4 is 28.4 Å². The summed E-state index contributed by atoms with van der Waals surface area (Å²) in [6.45, 7) is 8.54. The summed E-state index contributed by atoms with van der Waals surface area (Å²) >= 11 is 0. The van der Waals surface area contributed by atoms with Crippen molar-refractivity contribution in [1.29, 1.82) is 0 Å². The van der Waals surface area contributed by atoms with Gasteiger partial charge in [0.15, 0.2) is 11.4 Å². The number of rotatable bonds is 19. The van der Waals surface area contributed by atoms with Crippen LogP contribution in [0.5, 0.6) is 34.5 Å². The first-order valence-electron chi connectivity index (χ1n) is 25.8. The van der Waals surface area contributed by atoms with E-state index >= 15 is 0 Å². The molecule has 18 nitrogen and oxygen atoms in total. The normalized spacial score (nSPS) is 11.1. The summed E-state index contributed by atoms with van der Waals surface area (Å²) in [5.41, 5.74) is 4.35. The third-order valence-corrected chi connectivity index (χ3v) is 12.2. The van der Waals surface area contributed by atoms with Crippen molar-refractivity contribution >= 4 is 24.1 Å². The van der Waals surface area contributed by atoms with Crippen LogP contribution in [0.2, 0.25) is 0 Å². The number of aromatic nitrogens is 2. The molecule has 2 amide bonds. The van der Waals surface area contributed by atoms with Gasteiger partial charge in [0.2, 0.25) is 11.8 Å². The van der Waals surface area contributed by atoms with Crippen molar-refractivity contribution in [2.45, 2.75) is 46.7 Å². The van der Waals surface area contributed by atoms with E-state index in [4.69, 9.17) is 42.0 Å². The molecule has 420 valence electrons. The molecule has 0 fully saturated rings. The molecular formula is C64H60N4O14. The number of hydrogen-bond acceptors (Lipinski definition) is 15. The second-order valence-corrected chi connectivity index (χ2v) is 17.8. The SMILES string of the molecule is CCOC(=O)CN(C(=O)Oc1ccc(OC)cc1)[C@H](C)c1ccc(OCC#Cc2nc(-c3ccccc3)oc2C)cc1.COc1ccc(OC(=O)N(CC(=O)O)[C@H](C)c2ccc(OCC#Cc3nc(-c4ccccc4)oc3C)cc2)cc1. The maximum absolute atomic E-state index is 13.1. The molecule has 18 heteroatoms. The van der Waals surface area contributed by atoms with Crippen molar-refractivity contribution < 1.29 is 66.3 Å². The number of ether oxygens (including phenoxy) is 7. The van der Waals surface area contributed by atoms with Crippen LogP contribution in [0.1, 0.15) is 66.9 Å². The second-order valence-electron chi connectivity index (χ2n) is 17.8. The van der Waals surface area contributed by atoms with Crippen LogP contribution in [0.25, 0.3) is 22.9 Å². The average Bonchev–Trinajstić information content (AvgIpc) is 4.09. The average molecular weight is 1110 g/mol. The Balaban J connectivity index is 0.000000236. The van der Waals surface area contributed by atoms with Crippen molar-refractivity contribution in [3.63, 3.8) is 0 Å². The summed E-state index contributed by atoms with van der Waals surface area (Å²) in [4.78, 5) is 61.1. The lowest BCUT2D eigenvalue weighted by atomic mass is 10.1. The summed E-state index contributed by atoms with van der Waals surface area (Å²) in [5, 5.41) is 9.38. The van der Waals surface area contributed by atoms with Gasteiger partial charge >= 0.3 is 24.1 Å². The zero-order valence-corrected chi connectivity index (χ0v) is 46.2. The topological polar surface area (TPSA) is 212 Å². The number of amides is 2.